The van der Waals surface area contributed by atoms with Gasteiger partial charge in [-0.2, -0.15) is 5.26 Å². The smallest absolute Gasteiger partial charge is 0.408 e. The van der Waals surface area contributed by atoms with Crippen molar-refractivity contribution in [1.82, 2.24) is 10.6 Å². The molecule has 5 heteroatoms. The van der Waals surface area contributed by atoms with Crippen LogP contribution in [0.15, 0.2) is 24.3 Å². The van der Waals surface area contributed by atoms with Crippen LogP contribution in [-0.2, 0) is 11.3 Å². The molecular formula is C17H25N3O2. The van der Waals surface area contributed by atoms with Crippen LogP contribution in [0.2, 0.25) is 0 Å². The highest BCUT2D eigenvalue weighted by Crippen LogP contribution is 2.09. The molecule has 0 aliphatic heterocycles. The Balaban J connectivity index is 2.45. The minimum atomic E-state index is -0.509. The van der Waals surface area contributed by atoms with Crippen molar-refractivity contribution >= 4 is 6.09 Å². The first-order valence-corrected chi connectivity index (χ1v) is 7.32. The van der Waals surface area contributed by atoms with Crippen molar-refractivity contribution in [2.75, 3.05) is 6.54 Å². The van der Waals surface area contributed by atoms with E-state index in [0.29, 0.717) is 18.7 Å². The predicted molar refractivity (Wildman–Crippen MR) is 86.3 cm³/mol. The molecule has 0 saturated heterocycles. The Kier molecular flexibility index (Phi) is 5.95. The third kappa shape index (κ3) is 7.09. The quantitative estimate of drug-likeness (QED) is 0.877. The standard InChI is InChI=1S/C17H25N3O2/c1-16(2,3)22-15(21)20-17(4,5)12-19-11-14-8-6-7-13(9-14)10-18/h6-9,19H,11-12H2,1-5H3,(H,20,21). The summed E-state index contributed by atoms with van der Waals surface area (Å²) < 4.78 is 5.25. The Labute approximate surface area is 132 Å². The normalized spacial score (nSPS) is 11.6. The largest absolute Gasteiger partial charge is 0.444 e. The summed E-state index contributed by atoms with van der Waals surface area (Å²) >= 11 is 0. The maximum Gasteiger partial charge on any atom is 0.408 e. The summed E-state index contributed by atoms with van der Waals surface area (Å²) in [7, 11) is 0. The molecule has 120 valence electrons. The molecular weight excluding hydrogens is 278 g/mol. The number of rotatable bonds is 5. The molecule has 0 aliphatic rings. The Hall–Kier alpha value is -2.06. The number of nitriles is 1. The monoisotopic (exact) mass is 303 g/mol. The van der Waals surface area contributed by atoms with Gasteiger partial charge in [0, 0.05) is 13.1 Å². The summed E-state index contributed by atoms with van der Waals surface area (Å²) in [5.41, 5.74) is 0.734. The molecule has 0 saturated carbocycles. The van der Waals surface area contributed by atoms with Crippen LogP contribution in [0.4, 0.5) is 4.79 Å². The third-order valence-corrected chi connectivity index (χ3v) is 2.79. The van der Waals surface area contributed by atoms with Crippen LogP contribution in [-0.4, -0.2) is 23.8 Å². The molecule has 0 radical (unpaired) electrons. The molecule has 1 aromatic rings. The van der Waals surface area contributed by atoms with E-state index in [2.05, 4.69) is 16.7 Å². The molecule has 0 aromatic heterocycles. The molecule has 5 nitrogen and oxygen atoms in total. The molecule has 1 aromatic carbocycles. The maximum absolute atomic E-state index is 11.8. The molecule has 0 spiro atoms. The predicted octanol–water partition coefficient (Wildman–Crippen LogP) is 2.95. The molecule has 0 fully saturated rings. The van der Waals surface area contributed by atoms with Crippen LogP contribution >= 0.6 is 0 Å². The van der Waals surface area contributed by atoms with Crippen molar-refractivity contribution < 1.29 is 9.53 Å². The number of ether oxygens (including phenoxy) is 1. The van der Waals surface area contributed by atoms with Gasteiger partial charge in [-0.15, -0.1) is 0 Å². The molecule has 22 heavy (non-hydrogen) atoms. The summed E-state index contributed by atoms with van der Waals surface area (Å²) in [6.07, 6.45) is -0.425. The Bertz CT molecular complexity index is 554. The number of benzene rings is 1. The number of carbonyl (C=O) groups is 1. The van der Waals surface area contributed by atoms with E-state index in [1.165, 1.54) is 0 Å². The topological polar surface area (TPSA) is 74.2 Å². The second-order valence-corrected chi connectivity index (χ2v) is 6.93. The zero-order valence-electron chi connectivity index (χ0n) is 14.0. The number of hydrogen-bond donors (Lipinski definition) is 2. The van der Waals surface area contributed by atoms with E-state index in [1.807, 2.05) is 52.8 Å². The van der Waals surface area contributed by atoms with E-state index in [1.54, 1.807) is 6.07 Å². The molecule has 1 amide bonds. The van der Waals surface area contributed by atoms with Crippen molar-refractivity contribution in [3.63, 3.8) is 0 Å². The Morgan fingerprint density at radius 2 is 1.95 bits per heavy atom. The van der Waals surface area contributed by atoms with Crippen molar-refractivity contribution in [3.05, 3.63) is 35.4 Å². The minimum absolute atomic E-state index is 0.425. The number of alkyl carbamates (subject to hydrolysis) is 1. The zero-order valence-corrected chi connectivity index (χ0v) is 14.0. The van der Waals surface area contributed by atoms with Gasteiger partial charge in [-0.25, -0.2) is 4.79 Å². The maximum atomic E-state index is 11.8. The van der Waals surface area contributed by atoms with Crippen LogP contribution in [0.3, 0.4) is 0 Å². The van der Waals surface area contributed by atoms with Crippen molar-refractivity contribution in [2.45, 2.75) is 52.3 Å². The number of nitrogens with one attached hydrogen (secondary N) is 2. The van der Waals surface area contributed by atoms with Gasteiger partial charge >= 0.3 is 6.09 Å². The highest BCUT2D eigenvalue weighted by Gasteiger charge is 2.24. The highest BCUT2D eigenvalue weighted by molar-refractivity contribution is 5.68. The van der Waals surface area contributed by atoms with Gasteiger partial charge < -0.3 is 15.4 Å². The lowest BCUT2D eigenvalue weighted by Crippen LogP contribution is -2.51. The first-order valence-electron chi connectivity index (χ1n) is 7.32. The molecule has 0 heterocycles. The molecule has 0 unspecified atom stereocenters. The van der Waals surface area contributed by atoms with E-state index in [-0.39, 0.29) is 0 Å². The van der Waals surface area contributed by atoms with Crippen LogP contribution in [0.1, 0.15) is 45.7 Å². The van der Waals surface area contributed by atoms with Gasteiger partial charge in [0.05, 0.1) is 17.2 Å². The summed E-state index contributed by atoms with van der Waals surface area (Å²) in [5.74, 6) is 0. The fourth-order valence-electron chi connectivity index (χ4n) is 1.89. The zero-order chi connectivity index (χ0) is 16.8. The van der Waals surface area contributed by atoms with Gasteiger partial charge in [0.2, 0.25) is 0 Å². The third-order valence-electron chi connectivity index (χ3n) is 2.79. The molecule has 0 atom stereocenters. The summed E-state index contributed by atoms with van der Waals surface area (Å²) in [5, 5.41) is 15.0. The van der Waals surface area contributed by atoms with E-state index in [0.717, 1.165) is 5.56 Å². The van der Waals surface area contributed by atoms with E-state index < -0.39 is 17.2 Å². The fraction of sp³-hybridized carbons (Fsp3) is 0.529. The molecule has 2 N–H and O–H groups in total. The van der Waals surface area contributed by atoms with Gasteiger partial charge in [0.15, 0.2) is 0 Å². The van der Waals surface area contributed by atoms with Gasteiger partial charge in [-0.05, 0) is 52.3 Å². The average molecular weight is 303 g/mol. The lowest BCUT2D eigenvalue weighted by molar-refractivity contribution is 0.0472. The first-order chi connectivity index (χ1) is 10.1. The highest BCUT2D eigenvalue weighted by atomic mass is 16.6. The number of carbonyl (C=O) groups excluding carboxylic acids is 1. The Morgan fingerprint density at radius 3 is 2.55 bits per heavy atom. The fourth-order valence-corrected chi connectivity index (χ4v) is 1.89. The lowest BCUT2D eigenvalue weighted by Gasteiger charge is -2.29. The summed E-state index contributed by atoms with van der Waals surface area (Å²) in [6, 6.07) is 9.57. The minimum Gasteiger partial charge on any atom is -0.444 e. The van der Waals surface area contributed by atoms with Gasteiger partial charge in [-0.1, -0.05) is 12.1 Å². The summed E-state index contributed by atoms with van der Waals surface area (Å²) in [4.78, 5) is 11.8. The van der Waals surface area contributed by atoms with Gasteiger partial charge in [0.1, 0.15) is 5.60 Å². The molecule has 1 rings (SSSR count). The van der Waals surface area contributed by atoms with Crippen LogP contribution in [0.25, 0.3) is 0 Å². The second-order valence-electron chi connectivity index (χ2n) is 6.93. The lowest BCUT2D eigenvalue weighted by atomic mass is 10.1. The van der Waals surface area contributed by atoms with E-state index >= 15 is 0 Å². The van der Waals surface area contributed by atoms with Crippen LogP contribution < -0.4 is 10.6 Å². The Morgan fingerprint density at radius 1 is 1.27 bits per heavy atom. The van der Waals surface area contributed by atoms with Gasteiger partial charge in [0.25, 0.3) is 0 Å². The van der Waals surface area contributed by atoms with Gasteiger partial charge in [-0.3, -0.25) is 0 Å². The first kappa shape index (κ1) is 18.0. The number of amides is 1. The van der Waals surface area contributed by atoms with Crippen LogP contribution in [0.5, 0.6) is 0 Å². The summed E-state index contributed by atoms with van der Waals surface area (Å²) in [6.45, 7) is 10.6. The van der Waals surface area contributed by atoms with E-state index in [4.69, 9.17) is 10.00 Å². The van der Waals surface area contributed by atoms with Crippen molar-refractivity contribution in [2.24, 2.45) is 0 Å². The van der Waals surface area contributed by atoms with Crippen molar-refractivity contribution in [1.29, 1.82) is 5.26 Å². The number of nitrogens with zero attached hydrogens (tertiary/aromatic N) is 1. The van der Waals surface area contributed by atoms with E-state index in [9.17, 15) is 4.79 Å². The molecule has 0 bridgehead atoms. The SMILES string of the molecule is CC(C)(CNCc1cccc(C#N)c1)NC(=O)OC(C)(C)C. The van der Waals surface area contributed by atoms with Crippen molar-refractivity contribution in [3.8, 4) is 6.07 Å². The van der Waals surface area contributed by atoms with Crippen LogP contribution in [0, 0.1) is 11.3 Å². The molecule has 0 aliphatic carbocycles. The average Bonchev–Trinajstić information content (AvgIpc) is 2.35. The second kappa shape index (κ2) is 7.28. The number of hydrogen-bond acceptors (Lipinski definition) is 4.